The number of hydrogen-bond donors (Lipinski definition) is 1. The first-order valence-electron chi connectivity index (χ1n) is 5.99. The predicted molar refractivity (Wildman–Crippen MR) is 65.9 cm³/mol. The maximum Gasteiger partial charge on any atom is 0.330 e. The summed E-state index contributed by atoms with van der Waals surface area (Å²) in [5.74, 6) is 0.756. The van der Waals surface area contributed by atoms with Crippen molar-refractivity contribution in [1.82, 2.24) is 14.5 Å². The molecule has 17 heavy (non-hydrogen) atoms. The maximum absolute atomic E-state index is 11.8. The molecule has 0 amide bonds. The lowest BCUT2D eigenvalue weighted by Gasteiger charge is -2.13. The number of nitrogens with zero attached hydrogens (tertiary/aromatic N) is 2. The van der Waals surface area contributed by atoms with Gasteiger partial charge in [0.05, 0.1) is 0 Å². The van der Waals surface area contributed by atoms with Crippen LogP contribution in [0.1, 0.15) is 25.3 Å². The summed E-state index contributed by atoms with van der Waals surface area (Å²) >= 11 is 0. The first-order chi connectivity index (χ1) is 8.00. The number of hydrogen-bond acceptors (Lipinski definition) is 3. The fourth-order valence-electron chi connectivity index (χ4n) is 2.04. The molecule has 0 bridgehead atoms. The van der Waals surface area contributed by atoms with Gasteiger partial charge in [0.15, 0.2) is 0 Å². The monoisotopic (exact) mass is 237 g/mol. The van der Waals surface area contributed by atoms with Gasteiger partial charge in [0.2, 0.25) is 0 Å². The van der Waals surface area contributed by atoms with Crippen molar-refractivity contribution in [2.24, 2.45) is 20.0 Å². The van der Waals surface area contributed by atoms with E-state index in [4.69, 9.17) is 0 Å². The standard InChI is InChI=1S/C12H19N3O2/c1-8(9-4-5-9)13-6-10-7-14(2)12(17)15(3)11(10)16/h7-9,13H,4-6H2,1-3H3. The van der Waals surface area contributed by atoms with Crippen LogP contribution in [0.15, 0.2) is 15.8 Å². The van der Waals surface area contributed by atoms with E-state index in [0.717, 1.165) is 10.5 Å². The van der Waals surface area contributed by atoms with E-state index in [0.29, 0.717) is 18.2 Å². The Balaban J connectivity index is 2.15. The van der Waals surface area contributed by atoms with Crippen LogP contribution in [0.25, 0.3) is 0 Å². The minimum absolute atomic E-state index is 0.205. The molecule has 1 saturated carbocycles. The quantitative estimate of drug-likeness (QED) is 0.800. The molecule has 1 N–H and O–H groups in total. The molecule has 1 aliphatic rings. The average Bonchev–Trinajstić information content (AvgIpc) is 3.13. The SMILES string of the molecule is CC(NCc1cn(C)c(=O)n(C)c1=O)C1CC1. The molecule has 1 unspecified atom stereocenters. The molecule has 1 heterocycles. The summed E-state index contributed by atoms with van der Waals surface area (Å²) < 4.78 is 2.60. The van der Waals surface area contributed by atoms with Crippen LogP contribution in [0.4, 0.5) is 0 Å². The zero-order valence-corrected chi connectivity index (χ0v) is 10.6. The third-order valence-corrected chi connectivity index (χ3v) is 3.46. The summed E-state index contributed by atoms with van der Waals surface area (Å²) in [5.41, 5.74) is 0.152. The van der Waals surface area contributed by atoms with Crippen molar-refractivity contribution in [2.75, 3.05) is 0 Å². The molecule has 94 valence electrons. The van der Waals surface area contributed by atoms with Gasteiger partial charge in [-0.1, -0.05) is 0 Å². The second kappa shape index (κ2) is 4.49. The van der Waals surface area contributed by atoms with E-state index in [9.17, 15) is 9.59 Å². The molecule has 1 aliphatic carbocycles. The largest absolute Gasteiger partial charge is 0.330 e. The van der Waals surface area contributed by atoms with Crippen LogP contribution in [0, 0.1) is 5.92 Å². The molecule has 1 aromatic heterocycles. The van der Waals surface area contributed by atoms with Gasteiger partial charge in [0.1, 0.15) is 0 Å². The summed E-state index contributed by atoms with van der Waals surface area (Å²) in [6, 6.07) is 0.442. The molecule has 0 aromatic carbocycles. The molecule has 1 fully saturated rings. The molecule has 5 heteroatoms. The first-order valence-corrected chi connectivity index (χ1v) is 5.99. The Labute approximate surface area is 100 Å². The second-order valence-electron chi connectivity index (χ2n) is 4.92. The van der Waals surface area contributed by atoms with Gasteiger partial charge in [-0.15, -0.1) is 0 Å². The zero-order valence-electron chi connectivity index (χ0n) is 10.6. The summed E-state index contributed by atoms with van der Waals surface area (Å²) in [7, 11) is 3.17. The molecule has 0 saturated heterocycles. The van der Waals surface area contributed by atoms with E-state index in [2.05, 4.69) is 12.2 Å². The Morgan fingerprint density at radius 2 is 2.06 bits per heavy atom. The van der Waals surface area contributed by atoms with Crippen molar-refractivity contribution in [3.05, 3.63) is 32.6 Å². The van der Waals surface area contributed by atoms with E-state index in [-0.39, 0.29) is 11.2 Å². The van der Waals surface area contributed by atoms with Gasteiger partial charge in [-0.25, -0.2) is 4.79 Å². The Bertz CT molecular complexity index is 526. The van der Waals surface area contributed by atoms with Crippen molar-refractivity contribution < 1.29 is 0 Å². The Morgan fingerprint density at radius 3 is 2.65 bits per heavy atom. The summed E-state index contributed by atoms with van der Waals surface area (Å²) in [4.78, 5) is 23.4. The summed E-state index contributed by atoms with van der Waals surface area (Å²) in [6.45, 7) is 2.67. The highest BCUT2D eigenvalue weighted by Gasteiger charge is 2.27. The van der Waals surface area contributed by atoms with Crippen LogP contribution >= 0.6 is 0 Å². The highest BCUT2D eigenvalue weighted by molar-refractivity contribution is 5.05. The third-order valence-electron chi connectivity index (χ3n) is 3.46. The lowest BCUT2D eigenvalue weighted by atomic mass is 10.2. The highest BCUT2D eigenvalue weighted by Crippen LogP contribution is 2.32. The van der Waals surface area contributed by atoms with E-state index < -0.39 is 0 Å². The second-order valence-corrected chi connectivity index (χ2v) is 4.92. The van der Waals surface area contributed by atoms with Crippen LogP contribution in [0.2, 0.25) is 0 Å². The fraction of sp³-hybridized carbons (Fsp3) is 0.667. The van der Waals surface area contributed by atoms with E-state index >= 15 is 0 Å². The Kier molecular flexibility index (Phi) is 3.19. The Hall–Kier alpha value is -1.36. The van der Waals surface area contributed by atoms with Gasteiger partial charge < -0.3 is 9.88 Å². The van der Waals surface area contributed by atoms with Gasteiger partial charge >= 0.3 is 5.69 Å². The lowest BCUT2D eigenvalue weighted by molar-refractivity contribution is 0.490. The van der Waals surface area contributed by atoms with Crippen LogP contribution in [0.5, 0.6) is 0 Å². The van der Waals surface area contributed by atoms with Crippen LogP contribution < -0.4 is 16.6 Å². The van der Waals surface area contributed by atoms with Crippen molar-refractivity contribution in [2.45, 2.75) is 32.4 Å². The average molecular weight is 237 g/mol. The van der Waals surface area contributed by atoms with Gasteiger partial charge in [-0.2, -0.15) is 0 Å². The molecule has 2 rings (SSSR count). The van der Waals surface area contributed by atoms with E-state index in [1.54, 1.807) is 13.2 Å². The normalized spacial score (nSPS) is 17.1. The number of aryl methyl sites for hydroxylation is 1. The maximum atomic E-state index is 11.8. The number of rotatable bonds is 4. The summed E-state index contributed by atoms with van der Waals surface area (Å²) in [6.07, 6.45) is 4.18. The zero-order chi connectivity index (χ0) is 12.6. The van der Waals surface area contributed by atoms with Crippen molar-refractivity contribution in [3.8, 4) is 0 Å². The molecule has 0 radical (unpaired) electrons. The van der Waals surface area contributed by atoms with E-state index in [1.165, 1.54) is 24.5 Å². The van der Waals surface area contributed by atoms with Crippen molar-refractivity contribution in [1.29, 1.82) is 0 Å². The molecular weight excluding hydrogens is 218 g/mol. The first kappa shape index (κ1) is 12.1. The molecule has 1 atom stereocenters. The van der Waals surface area contributed by atoms with Gasteiger partial charge in [0, 0.05) is 38.4 Å². The topological polar surface area (TPSA) is 56.0 Å². The van der Waals surface area contributed by atoms with Crippen LogP contribution in [0.3, 0.4) is 0 Å². The Morgan fingerprint density at radius 1 is 1.41 bits per heavy atom. The minimum atomic E-state index is -0.283. The molecule has 5 nitrogen and oxygen atoms in total. The molecule has 0 spiro atoms. The smallest absolute Gasteiger partial charge is 0.310 e. The van der Waals surface area contributed by atoms with Gasteiger partial charge in [-0.3, -0.25) is 9.36 Å². The van der Waals surface area contributed by atoms with Crippen molar-refractivity contribution in [3.63, 3.8) is 0 Å². The van der Waals surface area contributed by atoms with Gasteiger partial charge in [-0.05, 0) is 25.7 Å². The lowest BCUT2D eigenvalue weighted by Crippen LogP contribution is -2.40. The van der Waals surface area contributed by atoms with Gasteiger partial charge in [0.25, 0.3) is 5.56 Å². The number of nitrogens with one attached hydrogen (secondary N) is 1. The predicted octanol–water partition coefficient (Wildman–Crippen LogP) is -0.0279. The summed E-state index contributed by atoms with van der Waals surface area (Å²) in [5, 5.41) is 3.35. The minimum Gasteiger partial charge on any atom is -0.310 e. The van der Waals surface area contributed by atoms with Crippen molar-refractivity contribution >= 4 is 0 Å². The third kappa shape index (κ3) is 2.49. The molecule has 0 aliphatic heterocycles. The fourth-order valence-corrected chi connectivity index (χ4v) is 2.04. The van der Waals surface area contributed by atoms with Crippen LogP contribution in [-0.2, 0) is 20.6 Å². The molecule has 1 aromatic rings. The van der Waals surface area contributed by atoms with Crippen LogP contribution in [-0.4, -0.2) is 15.2 Å². The van der Waals surface area contributed by atoms with E-state index in [1.807, 2.05) is 0 Å². The molecular formula is C12H19N3O2. The highest BCUT2D eigenvalue weighted by atomic mass is 16.2. The number of aromatic nitrogens is 2.